The maximum absolute atomic E-state index is 13.0. The van der Waals surface area contributed by atoms with E-state index in [4.69, 9.17) is 10.5 Å². The average Bonchev–Trinajstić information content (AvgIpc) is 2.70. The molecule has 1 aromatic carbocycles. The fourth-order valence-electron chi connectivity index (χ4n) is 3.16. The van der Waals surface area contributed by atoms with E-state index in [9.17, 15) is 13.2 Å². The third kappa shape index (κ3) is 4.97. The molecule has 9 nitrogen and oxygen atoms in total. The van der Waals surface area contributed by atoms with Crippen LogP contribution < -0.4 is 20.1 Å². The zero-order valence-electron chi connectivity index (χ0n) is 18.5. The number of nitrogens with two attached hydrogens (primary N) is 1. The first-order chi connectivity index (χ1) is 15.0. The van der Waals surface area contributed by atoms with Crippen molar-refractivity contribution >= 4 is 27.6 Å². The number of rotatable bonds is 6. The molecule has 2 aromatic heterocycles. The molecule has 0 bridgehead atoms. The van der Waals surface area contributed by atoms with Gasteiger partial charge in [0.05, 0.1) is 0 Å². The van der Waals surface area contributed by atoms with E-state index in [2.05, 4.69) is 9.97 Å². The number of aryl methyl sites for hydroxylation is 3. The lowest BCUT2D eigenvalue weighted by molar-refractivity contribution is 0.0978. The van der Waals surface area contributed by atoms with Gasteiger partial charge in [-0.3, -0.25) is 4.79 Å². The smallest absolute Gasteiger partial charge is 0.281 e. The Bertz CT molecular complexity index is 1270. The molecule has 0 unspecified atom stereocenters. The molecule has 0 radical (unpaired) electrons. The summed E-state index contributed by atoms with van der Waals surface area (Å²) >= 11 is 0. The number of carbonyl (C=O) groups is 1. The molecule has 32 heavy (non-hydrogen) atoms. The Balaban J connectivity index is 2.02. The van der Waals surface area contributed by atoms with E-state index in [1.807, 2.05) is 37.6 Å². The van der Waals surface area contributed by atoms with Crippen LogP contribution in [-0.2, 0) is 10.0 Å². The van der Waals surface area contributed by atoms with Gasteiger partial charge < -0.3 is 15.4 Å². The first kappa shape index (κ1) is 23.0. The van der Waals surface area contributed by atoms with Crippen LogP contribution >= 0.6 is 0 Å². The van der Waals surface area contributed by atoms with Crippen LogP contribution in [-0.4, -0.2) is 38.4 Å². The first-order valence-electron chi connectivity index (χ1n) is 9.71. The van der Waals surface area contributed by atoms with Crippen molar-refractivity contribution in [3.8, 4) is 11.6 Å². The molecule has 0 spiro atoms. The maximum Gasteiger partial charge on any atom is 0.281 e. The van der Waals surface area contributed by atoms with Gasteiger partial charge in [0.2, 0.25) is 5.88 Å². The number of ether oxygens (including phenoxy) is 1. The number of pyridine rings is 2. The van der Waals surface area contributed by atoms with E-state index in [0.29, 0.717) is 11.6 Å². The Hall–Kier alpha value is -3.66. The molecular formula is C22H25N5O4S. The number of carbonyl (C=O) groups excluding carboxylic acids is 1. The van der Waals surface area contributed by atoms with Gasteiger partial charge in [-0.05, 0) is 56.2 Å². The number of nitrogen functional groups attached to an aromatic ring is 1. The predicted octanol–water partition coefficient (Wildman–Crippen LogP) is 2.96. The Kier molecular flexibility index (Phi) is 6.35. The molecule has 2 heterocycles. The Morgan fingerprint density at radius 1 is 1.03 bits per heavy atom. The van der Waals surface area contributed by atoms with Crippen LogP contribution in [0.4, 0.5) is 11.6 Å². The minimum Gasteiger partial charge on any atom is -0.438 e. The average molecular weight is 456 g/mol. The molecule has 3 N–H and O–H groups in total. The summed E-state index contributed by atoms with van der Waals surface area (Å²) in [4.78, 5) is 22.9. The maximum atomic E-state index is 13.0. The van der Waals surface area contributed by atoms with Crippen molar-refractivity contribution < 1.29 is 17.9 Å². The highest BCUT2D eigenvalue weighted by Gasteiger charge is 2.24. The molecular weight excluding hydrogens is 430 g/mol. The Labute approximate surface area is 187 Å². The molecule has 10 heteroatoms. The summed E-state index contributed by atoms with van der Waals surface area (Å²) in [7, 11) is -0.661. The van der Waals surface area contributed by atoms with Crippen LogP contribution in [0.2, 0.25) is 0 Å². The van der Waals surface area contributed by atoms with E-state index in [1.165, 1.54) is 24.3 Å². The van der Waals surface area contributed by atoms with E-state index >= 15 is 0 Å². The minimum atomic E-state index is -4.25. The normalized spacial score (nSPS) is 11.2. The number of nitrogens with one attached hydrogen (secondary N) is 1. The molecule has 3 rings (SSSR count). The minimum absolute atomic E-state index is 0.0144. The summed E-state index contributed by atoms with van der Waals surface area (Å²) in [5.41, 5.74) is 8.33. The molecule has 0 atom stereocenters. The second-order valence-corrected chi connectivity index (χ2v) is 9.21. The summed E-state index contributed by atoms with van der Waals surface area (Å²) in [6.07, 6.45) is 0. The van der Waals surface area contributed by atoms with E-state index < -0.39 is 15.9 Å². The second-order valence-electron chi connectivity index (χ2n) is 7.58. The largest absolute Gasteiger partial charge is 0.438 e. The van der Waals surface area contributed by atoms with E-state index in [-0.39, 0.29) is 22.3 Å². The Morgan fingerprint density at radius 3 is 2.28 bits per heavy atom. The Morgan fingerprint density at radius 2 is 1.69 bits per heavy atom. The molecule has 3 aromatic rings. The van der Waals surface area contributed by atoms with Gasteiger partial charge in [-0.2, -0.15) is 13.4 Å². The van der Waals surface area contributed by atoms with Crippen molar-refractivity contribution in [1.82, 2.24) is 14.7 Å². The van der Waals surface area contributed by atoms with Crippen molar-refractivity contribution in [3.63, 3.8) is 0 Å². The van der Waals surface area contributed by atoms with Crippen molar-refractivity contribution in [2.75, 3.05) is 24.7 Å². The number of benzene rings is 1. The van der Waals surface area contributed by atoms with Gasteiger partial charge in [0.25, 0.3) is 15.9 Å². The molecule has 0 aliphatic rings. The van der Waals surface area contributed by atoms with Gasteiger partial charge >= 0.3 is 0 Å². The molecule has 168 valence electrons. The van der Waals surface area contributed by atoms with Crippen LogP contribution in [0.3, 0.4) is 0 Å². The fraction of sp³-hybridized carbons (Fsp3) is 0.227. The fourth-order valence-corrected chi connectivity index (χ4v) is 4.11. The van der Waals surface area contributed by atoms with E-state index in [0.717, 1.165) is 16.7 Å². The second kappa shape index (κ2) is 8.83. The first-order valence-corrected chi connectivity index (χ1v) is 11.2. The summed E-state index contributed by atoms with van der Waals surface area (Å²) in [5.74, 6) is 0.198. The molecule has 0 fully saturated rings. The van der Waals surface area contributed by atoms with Crippen LogP contribution in [0.1, 0.15) is 27.0 Å². The highest BCUT2D eigenvalue weighted by Crippen LogP contribution is 2.32. The molecule has 1 amide bonds. The molecule has 0 saturated heterocycles. The highest BCUT2D eigenvalue weighted by molar-refractivity contribution is 7.90. The van der Waals surface area contributed by atoms with Crippen molar-refractivity contribution in [1.29, 1.82) is 0 Å². The molecule has 0 aliphatic heterocycles. The lowest BCUT2D eigenvalue weighted by Crippen LogP contribution is -2.31. The number of sulfonamides is 1. The number of aromatic nitrogens is 2. The number of amides is 1. The number of hydrogen-bond donors (Lipinski definition) is 2. The summed E-state index contributed by atoms with van der Waals surface area (Å²) < 4.78 is 33.3. The third-order valence-electron chi connectivity index (χ3n) is 4.60. The number of hydrogen-bond acceptors (Lipinski definition) is 8. The van der Waals surface area contributed by atoms with Gasteiger partial charge in [-0.1, -0.05) is 23.8 Å². The van der Waals surface area contributed by atoms with Gasteiger partial charge in [-0.25, -0.2) is 9.71 Å². The lowest BCUT2D eigenvalue weighted by atomic mass is 10.1. The van der Waals surface area contributed by atoms with Crippen molar-refractivity contribution in [2.24, 2.45) is 0 Å². The SMILES string of the molecule is Cc1cc(C)c(Oc2nc(N(C)C)ccc2C(=O)NS(=O)(=O)c2cccc(N)n2)c(C)c1. The van der Waals surface area contributed by atoms with Gasteiger partial charge in [0, 0.05) is 14.1 Å². The monoisotopic (exact) mass is 455 g/mol. The highest BCUT2D eigenvalue weighted by atomic mass is 32.2. The zero-order valence-corrected chi connectivity index (χ0v) is 19.3. The van der Waals surface area contributed by atoms with Crippen LogP contribution in [0.15, 0.2) is 47.5 Å². The lowest BCUT2D eigenvalue weighted by Gasteiger charge is -2.18. The summed E-state index contributed by atoms with van der Waals surface area (Å²) in [6, 6.07) is 11.1. The van der Waals surface area contributed by atoms with Crippen molar-refractivity contribution in [3.05, 3.63) is 64.7 Å². The van der Waals surface area contributed by atoms with Crippen LogP contribution in [0, 0.1) is 20.8 Å². The topological polar surface area (TPSA) is 128 Å². The summed E-state index contributed by atoms with van der Waals surface area (Å²) in [6.45, 7) is 5.75. The van der Waals surface area contributed by atoms with Gasteiger partial charge in [-0.15, -0.1) is 0 Å². The zero-order chi connectivity index (χ0) is 23.6. The third-order valence-corrected chi connectivity index (χ3v) is 5.83. The summed E-state index contributed by atoms with van der Waals surface area (Å²) in [5, 5.41) is -0.364. The van der Waals surface area contributed by atoms with Crippen LogP contribution in [0.25, 0.3) is 0 Å². The van der Waals surface area contributed by atoms with Crippen LogP contribution in [0.5, 0.6) is 11.6 Å². The number of nitrogens with zero attached hydrogens (tertiary/aromatic N) is 3. The predicted molar refractivity (Wildman–Crippen MR) is 123 cm³/mol. The number of anilines is 2. The van der Waals surface area contributed by atoms with Crippen molar-refractivity contribution in [2.45, 2.75) is 25.8 Å². The standard InChI is InChI=1S/C22H25N5O4S/c1-13-11-14(2)20(15(3)12-13)31-22-16(9-10-18(25-22)27(4)5)21(28)26-32(29,30)19-8-6-7-17(23)24-19/h6-12H,1-5H3,(H2,23,24)(H,26,28). The quantitative estimate of drug-likeness (QED) is 0.581. The van der Waals surface area contributed by atoms with E-state index in [1.54, 1.807) is 25.1 Å². The van der Waals surface area contributed by atoms with Gasteiger partial charge in [0.15, 0.2) is 5.03 Å². The van der Waals surface area contributed by atoms with Gasteiger partial charge in [0.1, 0.15) is 22.9 Å². The molecule has 0 saturated carbocycles. The molecule has 0 aliphatic carbocycles.